The summed E-state index contributed by atoms with van der Waals surface area (Å²) in [5.41, 5.74) is 3.05. The van der Waals surface area contributed by atoms with Crippen molar-refractivity contribution in [3.8, 4) is 22.8 Å². The Morgan fingerprint density at radius 1 is 0.950 bits per heavy atom. The third-order valence-electron chi connectivity index (χ3n) is 3.51. The molecular formula is C17H13NO2. The first-order chi connectivity index (χ1) is 9.81. The van der Waals surface area contributed by atoms with Gasteiger partial charge in [-0.05, 0) is 36.6 Å². The zero-order chi connectivity index (χ0) is 13.5. The third-order valence-corrected chi connectivity index (χ3v) is 3.51. The molecule has 1 aromatic heterocycles. The van der Waals surface area contributed by atoms with Gasteiger partial charge in [-0.25, -0.2) is 0 Å². The monoisotopic (exact) mass is 263 g/mol. The number of rotatable bonds is 1. The van der Waals surface area contributed by atoms with Crippen molar-refractivity contribution in [3.05, 3.63) is 54.2 Å². The van der Waals surface area contributed by atoms with Gasteiger partial charge in [0.05, 0.1) is 5.69 Å². The second-order valence-electron chi connectivity index (χ2n) is 4.90. The molecule has 0 saturated carbocycles. The van der Waals surface area contributed by atoms with Gasteiger partial charge in [-0.3, -0.25) is 4.98 Å². The minimum absolute atomic E-state index is 0.292. The highest BCUT2D eigenvalue weighted by atomic mass is 16.7. The lowest BCUT2D eigenvalue weighted by atomic mass is 10.0. The molecule has 0 aliphatic carbocycles. The Kier molecular flexibility index (Phi) is 2.39. The Bertz CT molecular complexity index is 811. The van der Waals surface area contributed by atoms with Crippen molar-refractivity contribution < 1.29 is 9.47 Å². The molecule has 3 aromatic rings. The molecule has 98 valence electrons. The Morgan fingerprint density at radius 3 is 2.75 bits per heavy atom. The molecule has 0 fully saturated rings. The van der Waals surface area contributed by atoms with E-state index in [-0.39, 0.29) is 0 Å². The van der Waals surface area contributed by atoms with Crippen LogP contribution in [0.1, 0.15) is 5.69 Å². The molecule has 1 aliphatic rings. The predicted molar refractivity (Wildman–Crippen MR) is 78.0 cm³/mol. The fourth-order valence-electron chi connectivity index (χ4n) is 2.60. The van der Waals surface area contributed by atoms with Crippen LogP contribution in [-0.2, 0) is 0 Å². The van der Waals surface area contributed by atoms with Crippen LogP contribution in [0.2, 0.25) is 0 Å². The summed E-state index contributed by atoms with van der Waals surface area (Å²) in [6.45, 7) is 2.31. The molecule has 0 unspecified atom stereocenters. The van der Waals surface area contributed by atoms with E-state index in [9.17, 15) is 0 Å². The number of hydrogen-bond donors (Lipinski definition) is 0. The van der Waals surface area contributed by atoms with Crippen molar-refractivity contribution in [1.29, 1.82) is 0 Å². The summed E-state index contributed by atoms with van der Waals surface area (Å²) in [5.74, 6) is 1.58. The maximum atomic E-state index is 5.45. The van der Waals surface area contributed by atoms with Crippen LogP contribution >= 0.6 is 0 Å². The summed E-state index contributed by atoms with van der Waals surface area (Å²) in [6, 6.07) is 16.4. The van der Waals surface area contributed by atoms with E-state index in [4.69, 9.17) is 14.5 Å². The highest BCUT2D eigenvalue weighted by molar-refractivity contribution is 5.95. The van der Waals surface area contributed by atoms with Crippen LogP contribution in [0.5, 0.6) is 11.5 Å². The first-order valence-corrected chi connectivity index (χ1v) is 6.58. The highest BCUT2D eigenvalue weighted by Crippen LogP contribution is 2.37. The molecule has 0 amide bonds. The molecule has 3 heteroatoms. The maximum absolute atomic E-state index is 5.45. The van der Waals surface area contributed by atoms with Crippen molar-refractivity contribution >= 4 is 10.8 Å². The molecule has 20 heavy (non-hydrogen) atoms. The largest absolute Gasteiger partial charge is 0.454 e. The summed E-state index contributed by atoms with van der Waals surface area (Å²) in [4.78, 5) is 4.70. The number of fused-ring (bicyclic) bond motifs is 2. The van der Waals surface area contributed by atoms with Crippen LogP contribution in [-0.4, -0.2) is 11.8 Å². The van der Waals surface area contributed by atoms with E-state index in [0.29, 0.717) is 6.79 Å². The summed E-state index contributed by atoms with van der Waals surface area (Å²) in [5, 5.41) is 2.35. The maximum Gasteiger partial charge on any atom is 0.231 e. The van der Waals surface area contributed by atoms with E-state index in [1.165, 1.54) is 5.39 Å². The van der Waals surface area contributed by atoms with E-state index in [1.807, 2.05) is 37.3 Å². The molecule has 4 rings (SSSR count). The lowest BCUT2D eigenvalue weighted by Crippen LogP contribution is -1.93. The fourth-order valence-corrected chi connectivity index (χ4v) is 2.60. The molecular weight excluding hydrogens is 250 g/mol. The lowest BCUT2D eigenvalue weighted by molar-refractivity contribution is 0.174. The number of pyridine rings is 1. The van der Waals surface area contributed by atoms with Gasteiger partial charge in [0, 0.05) is 16.6 Å². The van der Waals surface area contributed by atoms with Gasteiger partial charge in [0.2, 0.25) is 6.79 Å². The SMILES string of the molecule is Cc1cc2ccccc2c(-c2ccc3c(c2)OCO3)n1. The standard InChI is InChI=1S/C17H13NO2/c1-11-8-12-4-2-3-5-14(12)17(18-11)13-6-7-15-16(9-13)20-10-19-15/h2-9H,10H2,1H3. The second-order valence-corrected chi connectivity index (χ2v) is 4.90. The molecule has 1 aliphatic heterocycles. The summed E-state index contributed by atoms with van der Waals surface area (Å²) < 4.78 is 10.8. The Labute approximate surface area is 116 Å². The van der Waals surface area contributed by atoms with E-state index in [0.717, 1.165) is 33.8 Å². The number of nitrogens with zero attached hydrogens (tertiary/aromatic N) is 1. The summed E-state index contributed by atoms with van der Waals surface area (Å²) in [7, 11) is 0. The summed E-state index contributed by atoms with van der Waals surface area (Å²) >= 11 is 0. The van der Waals surface area contributed by atoms with Crippen LogP contribution in [0.25, 0.3) is 22.0 Å². The van der Waals surface area contributed by atoms with Gasteiger partial charge in [0.25, 0.3) is 0 Å². The van der Waals surface area contributed by atoms with E-state index < -0.39 is 0 Å². The first kappa shape index (κ1) is 11.3. The molecule has 0 N–H and O–H groups in total. The van der Waals surface area contributed by atoms with E-state index in [1.54, 1.807) is 0 Å². The van der Waals surface area contributed by atoms with Crippen LogP contribution in [0.3, 0.4) is 0 Å². The molecule has 2 aromatic carbocycles. The highest BCUT2D eigenvalue weighted by Gasteiger charge is 2.15. The zero-order valence-electron chi connectivity index (χ0n) is 11.1. The molecule has 3 nitrogen and oxygen atoms in total. The van der Waals surface area contributed by atoms with Crippen molar-refractivity contribution in [2.45, 2.75) is 6.92 Å². The van der Waals surface area contributed by atoms with Crippen molar-refractivity contribution in [1.82, 2.24) is 4.98 Å². The van der Waals surface area contributed by atoms with Crippen LogP contribution in [0.4, 0.5) is 0 Å². The van der Waals surface area contributed by atoms with Gasteiger partial charge in [0.1, 0.15) is 0 Å². The second kappa shape index (κ2) is 4.23. The molecule has 0 atom stereocenters. The van der Waals surface area contributed by atoms with Gasteiger partial charge in [-0.15, -0.1) is 0 Å². The van der Waals surface area contributed by atoms with Gasteiger partial charge in [0.15, 0.2) is 11.5 Å². The van der Waals surface area contributed by atoms with Gasteiger partial charge in [-0.1, -0.05) is 24.3 Å². The molecule has 0 saturated heterocycles. The third kappa shape index (κ3) is 1.71. The van der Waals surface area contributed by atoms with Crippen molar-refractivity contribution in [2.24, 2.45) is 0 Å². The Hall–Kier alpha value is -2.55. The van der Waals surface area contributed by atoms with Crippen molar-refractivity contribution in [3.63, 3.8) is 0 Å². The van der Waals surface area contributed by atoms with Crippen LogP contribution in [0.15, 0.2) is 48.5 Å². The predicted octanol–water partition coefficient (Wildman–Crippen LogP) is 3.94. The number of aryl methyl sites for hydroxylation is 1. The topological polar surface area (TPSA) is 31.4 Å². The smallest absolute Gasteiger partial charge is 0.231 e. The number of aromatic nitrogens is 1. The average Bonchev–Trinajstić information content (AvgIpc) is 2.93. The summed E-state index contributed by atoms with van der Waals surface area (Å²) in [6.07, 6.45) is 0. The first-order valence-electron chi connectivity index (χ1n) is 6.58. The van der Waals surface area contributed by atoms with Crippen LogP contribution in [0, 0.1) is 6.92 Å². The van der Waals surface area contributed by atoms with E-state index >= 15 is 0 Å². The average molecular weight is 263 g/mol. The van der Waals surface area contributed by atoms with Crippen LogP contribution < -0.4 is 9.47 Å². The molecule has 0 radical (unpaired) electrons. The van der Waals surface area contributed by atoms with Gasteiger partial charge >= 0.3 is 0 Å². The minimum Gasteiger partial charge on any atom is -0.454 e. The Balaban J connectivity index is 1.98. The number of ether oxygens (including phenoxy) is 2. The van der Waals surface area contributed by atoms with Crippen molar-refractivity contribution in [2.75, 3.05) is 6.79 Å². The Morgan fingerprint density at radius 2 is 1.80 bits per heavy atom. The van der Waals surface area contributed by atoms with E-state index in [2.05, 4.69) is 18.2 Å². The molecule has 0 spiro atoms. The number of hydrogen-bond acceptors (Lipinski definition) is 3. The lowest BCUT2D eigenvalue weighted by Gasteiger charge is -2.08. The normalized spacial score (nSPS) is 12.8. The number of benzene rings is 2. The quantitative estimate of drug-likeness (QED) is 0.666. The zero-order valence-corrected chi connectivity index (χ0v) is 11.1. The molecule has 2 heterocycles. The van der Waals surface area contributed by atoms with Gasteiger partial charge in [-0.2, -0.15) is 0 Å². The molecule has 0 bridgehead atoms. The fraction of sp³-hybridized carbons (Fsp3) is 0.118. The minimum atomic E-state index is 0.292. The van der Waals surface area contributed by atoms with Gasteiger partial charge < -0.3 is 9.47 Å².